The number of nitrogens with two attached hydrogens (primary N) is 1. The second-order valence-electron chi connectivity index (χ2n) is 4.49. The molecular formula is C10H15N3O2S. The van der Waals surface area contributed by atoms with Crippen molar-refractivity contribution in [2.24, 2.45) is 5.92 Å². The van der Waals surface area contributed by atoms with Crippen molar-refractivity contribution < 1.29 is 9.90 Å². The maximum absolute atomic E-state index is 11.2. The fourth-order valence-electron chi connectivity index (χ4n) is 2.16. The molecule has 2 rings (SSSR count). The SMILES string of the molecule is CC(C)[C@@]1(C)c2nc(N)sc2CN1C(=O)O. The third kappa shape index (κ3) is 1.29. The van der Waals surface area contributed by atoms with Crippen LogP contribution in [-0.4, -0.2) is 21.1 Å². The molecule has 1 atom stereocenters. The highest BCUT2D eigenvalue weighted by molar-refractivity contribution is 7.15. The monoisotopic (exact) mass is 241 g/mol. The molecule has 6 heteroatoms. The summed E-state index contributed by atoms with van der Waals surface area (Å²) in [6, 6.07) is 0. The van der Waals surface area contributed by atoms with Crippen molar-refractivity contribution in [1.29, 1.82) is 0 Å². The van der Waals surface area contributed by atoms with Gasteiger partial charge in [-0.2, -0.15) is 0 Å². The highest BCUT2D eigenvalue weighted by Crippen LogP contribution is 2.46. The van der Waals surface area contributed by atoms with E-state index in [0.717, 1.165) is 10.6 Å². The summed E-state index contributed by atoms with van der Waals surface area (Å²) in [6.45, 7) is 6.31. The number of nitrogens with zero attached hydrogens (tertiary/aromatic N) is 2. The van der Waals surface area contributed by atoms with Crippen LogP contribution in [0.3, 0.4) is 0 Å². The third-order valence-electron chi connectivity index (χ3n) is 3.41. The van der Waals surface area contributed by atoms with Gasteiger partial charge in [-0.3, -0.25) is 4.90 Å². The summed E-state index contributed by atoms with van der Waals surface area (Å²) in [6.07, 6.45) is -0.903. The van der Waals surface area contributed by atoms with Crippen LogP contribution in [0.1, 0.15) is 31.3 Å². The van der Waals surface area contributed by atoms with Gasteiger partial charge >= 0.3 is 6.09 Å². The van der Waals surface area contributed by atoms with Gasteiger partial charge in [-0.05, 0) is 12.8 Å². The summed E-state index contributed by atoms with van der Waals surface area (Å²) < 4.78 is 0. The van der Waals surface area contributed by atoms with Crippen LogP contribution in [0.5, 0.6) is 0 Å². The first-order valence-electron chi connectivity index (χ1n) is 5.13. The number of hydrogen-bond donors (Lipinski definition) is 2. The lowest BCUT2D eigenvalue weighted by Gasteiger charge is -2.36. The molecule has 1 aromatic rings. The van der Waals surface area contributed by atoms with Gasteiger partial charge in [-0.1, -0.05) is 13.8 Å². The molecular weight excluding hydrogens is 226 g/mol. The van der Waals surface area contributed by atoms with Gasteiger partial charge in [0.2, 0.25) is 0 Å². The molecule has 0 saturated carbocycles. The Kier molecular flexibility index (Phi) is 2.34. The molecule has 0 aliphatic carbocycles. The topological polar surface area (TPSA) is 79.5 Å². The Morgan fingerprint density at radius 3 is 2.81 bits per heavy atom. The maximum atomic E-state index is 11.2. The molecule has 0 spiro atoms. The van der Waals surface area contributed by atoms with Gasteiger partial charge < -0.3 is 10.8 Å². The highest BCUT2D eigenvalue weighted by Gasteiger charge is 2.48. The number of carbonyl (C=O) groups is 1. The Balaban J connectivity index is 2.54. The number of aromatic nitrogens is 1. The fourth-order valence-corrected chi connectivity index (χ4v) is 3.09. The number of carboxylic acid groups (broad SMARTS) is 1. The molecule has 0 unspecified atom stereocenters. The summed E-state index contributed by atoms with van der Waals surface area (Å²) in [7, 11) is 0. The quantitative estimate of drug-likeness (QED) is 0.789. The van der Waals surface area contributed by atoms with Gasteiger partial charge in [0.05, 0.1) is 22.7 Å². The molecule has 1 aliphatic rings. The van der Waals surface area contributed by atoms with Gasteiger partial charge in [-0.25, -0.2) is 9.78 Å². The normalized spacial score (nSPS) is 23.9. The molecule has 0 saturated heterocycles. The first kappa shape index (κ1) is 11.2. The van der Waals surface area contributed by atoms with Crippen LogP contribution >= 0.6 is 11.3 Å². The van der Waals surface area contributed by atoms with E-state index >= 15 is 0 Å². The first-order valence-corrected chi connectivity index (χ1v) is 5.95. The molecule has 0 radical (unpaired) electrons. The minimum absolute atomic E-state index is 0.159. The van der Waals surface area contributed by atoms with Crippen molar-refractivity contribution in [3.63, 3.8) is 0 Å². The molecule has 1 aromatic heterocycles. The Bertz CT molecular complexity index is 443. The van der Waals surface area contributed by atoms with Crippen molar-refractivity contribution in [3.8, 4) is 0 Å². The largest absolute Gasteiger partial charge is 0.465 e. The zero-order valence-corrected chi connectivity index (χ0v) is 10.3. The van der Waals surface area contributed by atoms with E-state index in [1.165, 1.54) is 16.2 Å². The zero-order chi connectivity index (χ0) is 12.1. The van der Waals surface area contributed by atoms with E-state index in [-0.39, 0.29) is 5.92 Å². The fraction of sp³-hybridized carbons (Fsp3) is 0.600. The van der Waals surface area contributed by atoms with Crippen LogP contribution in [0.15, 0.2) is 0 Å². The number of hydrogen-bond acceptors (Lipinski definition) is 4. The van der Waals surface area contributed by atoms with Crippen LogP contribution in [0.2, 0.25) is 0 Å². The second kappa shape index (κ2) is 3.35. The molecule has 1 aliphatic heterocycles. The number of anilines is 1. The minimum Gasteiger partial charge on any atom is -0.465 e. The van der Waals surface area contributed by atoms with E-state index in [2.05, 4.69) is 4.98 Å². The Labute approximate surface area is 97.9 Å². The van der Waals surface area contributed by atoms with Crippen molar-refractivity contribution >= 4 is 22.6 Å². The van der Waals surface area contributed by atoms with Crippen molar-refractivity contribution in [3.05, 3.63) is 10.6 Å². The summed E-state index contributed by atoms with van der Waals surface area (Å²) in [5.41, 5.74) is 5.94. The minimum atomic E-state index is -0.903. The number of fused-ring (bicyclic) bond motifs is 1. The standard InChI is InChI=1S/C10H15N3O2S/c1-5(2)10(3)7-6(16-8(11)12-7)4-13(10)9(14)15/h5H,4H2,1-3H3,(H2,11,12)(H,14,15)/t10-/m0/s1. The second-order valence-corrected chi connectivity index (χ2v) is 5.61. The van der Waals surface area contributed by atoms with E-state index in [4.69, 9.17) is 5.73 Å². The van der Waals surface area contributed by atoms with E-state index < -0.39 is 11.6 Å². The smallest absolute Gasteiger partial charge is 0.408 e. The summed E-state index contributed by atoms with van der Waals surface area (Å²) in [5.74, 6) is 0.159. The van der Waals surface area contributed by atoms with E-state index in [1.54, 1.807) is 0 Å². The van der Waals surface area contributed by atoms with Gasteiger partial charge in [0, 0.05) is 0 Å². The number of thiazole rings is 1. The molecule has 2 heterocycles. The first-order chi connectivity index (χ1) is 7.37. The van der Waals surface area contributed by atoms with Crippen LogP contribution < -0.4 is 5.73 Å². The molecule has 16 heavy (non-hydrogen) atoms. The lowest BCUT2D eigenvalue weighted by atomic mass is 9.86. The summed E-state index contributed by atoms with van der Waals surface area (Å²) >= 11 is 1.38. The number of rotatable bonds is 1. The molecule has 5 nitrogen and oxygen atoms in total. The molecule has 0 bridgehead atoms. The zero-order valence-electron chi connectivity index (χ0n) is 9.52. The Hall–Kier alpha value is -1.30. The average molecular weight is 241 g/mol. The Morgan fingerprint density at radius 2 is 2.31 bits per heavy atom. The summed E-state index contributed by atoms with van der Waals surface area (Å²) in [5, 5.41) is 9.74. The molecule has 1 amide bonds. The number of amides is 1. The molecule has 0 aromatic carbocycles. The van der Waals surface area contributed by atoms with E-state index in [9.17, 15) is 9.90 Å². The molecule has 0 fully saturated rings. The van der Waals surface area contributed by atoms with Crippen molar-refractivity contribution in [2.75, 3.05) is 5.73 Å². The predicted molar refractivity (Wildman–Crippen MR) is 62.3 cm³/mol. The Morgan fingerprint density at radius 1 is 1.69 bits per heavy atom. The van der Waals surface area contributed by atoms with E-state index in [1.807, 2.05) is 20.8 Å². The van der Waals surface area contributed by atoms with Gasteiger partial charge in [0.1, 0.15) is 0 Å². The summed E-state index contributed by atoms with van der Waals surface area (Å²) in [4.78, 5) is 18.0. The third-order valence-corrected chi connectivity index (χ3v) is 4.28. The van der Waals surface area contributed by atoms with Gasteiger partial charge in [-0.15, -0.1) is 11.3 Å². The maximum Gasteiger partial charge on any atom is 0.408 e. The van der Waals surface area contributed by atoms with Crippen LogP contribution in [0.25, 0.3) is 0 Å². The van der Waals surface area contributed by atoms with Crippen molar-refractivity contribution in [2.45, 2.75) is 32.9 Å². The lowest BCUT2D eigenvalue weighted by Crippen LogP contribution is -2.45. The lowest BCUT2D eigenvalue weighted by molar-refractivity contribution is 0.0629. The number of nitrogen functional groups attached to an aromatic ring is 1. The van der Waals surface area contributed by atoms with Crippen LogP contribution in [0.4, 0.5) is 9.93 Å². The van der Waals surface area contributed by atoms with Crippen LogP contribution in [-0.2, 0) is 12.1 Å². The molecule has 3 N–H and O–H groups in total. The highest BCUT2D eigenvalue weighted by atomic mass is 32.1. The average Bonchev–Trinajstić information content (AvgIpc) is 2.64. The van der Waals surface area contributed by atoms with Crippen LogP contribution in [0, 0.1) is 5.92 Å². The van der Waals surface area contributed by atoms with Gasteiger partial charge in [0.15, 0.2) is 5.13 Å². The van der Waals surface area contributed by atoms with Crippen molar-refractivity contribution in [1.82, 2.24) is 9.88 Å². The van der Waals surface area contributed by atoms with E-state index in [0.29, 0.717) is 11.7 Å². The molecule has 88 valence electrons. The predicted octanol–water partition coefficient (Wildman–Crippen LogP) is 2.09. The van der Waals surface area contributed by atoms with Gasteiger partial charge in [0.25, 0.3) is 0 Å².